The van der Waals surface area contributed by atoms with Gasteiger partial charge < -0.3 is 19.5 Å². The summed E-state index contributed by atoms with van der Waals surface area (Å²) < 4.78 is 16.0. The minimum atomic E-state index is -0.00872. The Bertz CT molecular complexity index is 205. The second kappa shape index (κ2) is 15.3. The maximum Gasteiger partial charge on any atom is 0.216 e. The lowest BCUT2D eigenvalue weighted by Crippen LogP contribution is -2.24. The van der Waals surface area contributed by atoms with E-state index in [0.29, 0.717) is 46.2 Å². The fourth-order valence-electron chi connectivity index (χ4n) is 1.26. The van der Waals surface area contributed by atoms with Crippen LogP contribution in [-0.2, 0) is 19.0 Å². The van der Waals surface area contributed by atoms with Gasteiger partial charge in [0.05, 0.1) is 26.4 Å². The van der Waals surface area contributed by atoms with Crippen LogP contribution in [-0.4, -0.2) is 58.6 Å². The van der Waals surface area contributed by atoms with Crippen LogP contribution >= 0.6 is 0 Å². The van der Waals surface area contributed by atoms with Gasteiger partial charge in [-0.2, -0.15) is 0 Å². The fraction of sp³-hybridized carbons (Fsp3) is 0.917. The first-order valence-electron chi connectivity index (χ1n) is 6.68. The SMILES string of the molecule is CC(=O)NCCCOCCOCCOCCCNN. The number of hydrazine groups is 1. The summed E-state index contributed by atoms with van der Waals surface area (Å²) in [4.78, 5) is 10.6. The first-order chi connectivity index (χ1) is 9.27. The third-order valence-corrected chi connectivity index (χ3v) is 2.19. The van der Waals surface area contributed by atoms with Crippen LogP contribution in [0.4, 0.5) is 0 Å². The van der Waals surface area contributed by atoms with Crippen molar-refractivity contribution in [2.24, 2.45) is 5.84 Å². The summed E-state index contributed by atoms with van der Waals surface area (Å²) in [6.07, 6.45) is 1.71. The molecule has 0 aromatic rings. The molecule has 7 heteroatoms. The van der Waals surface area contributed by atoms with E-state index in [1.165, 1.54) is 6.92 Å². The van der Waals surface area contributed by atoms with Gasteiger partial charge in [0.25, 0.3) is 0 Å². The molecule has 0 aliphatic rings. The summed E-state index contributed by atoms with van der Waals surface area (Å²) in [5, 5.41) is 2.71. The van der Waals surface area contributed by atoms with Crippen LogP contribution in [0.25, 0.3) is 0 Å². The van der Waals surface area contributed by atoms with Crippen molar-refractivity contribution in [3.05, 3.63) is 0 Å². The Hall–Kier alpha value is -0.730. The maximum absolute atomic E-state index is 10.6. The Morgan fingerprint density at radius 2 is 1.37 bits per heavy atom. The van der Waals surface area contributed by atoms with Crippen molar-refractivity contribution < 1.29 is 19.0 Å². The van der Waals surface area contributed by atoms with Crippen LogP contribution in [0.2, 0.25) is 0 Å². The van der Waals surface area contributed by atoms with E-state index in [-0.39, 0.29) is 5.91 Å². The summed E-state index contributed by atoms with van der Waals surface area (Å²) >= 11 is 0. The van der Waals surface area contributed by atoms with E-state index in [4.69, 9.17) is 20.1 Å². The molecule has 1 amide bonds. The monoisotopic (exact) mass is 277 g/mol. The van der Waals surface area contributed by atoms with Gasteiger partial charge in [-0.25, -0.2) is 0 Å². The van der Waals surface area contributed by atoms with Crippen molar-refractivity contribution in [2.75, 3.05) is 52.7 Å². The average molecular weight is 277 g/mol. The molecule has 0 radical (unpaired) electrons. The minimum Gasteiger partial charge on any atom is -0.379 e. The number of hydrogen-bond donors (Lipinski definition) is 3. The Labute approximate surface area is 115 Å². The number of ether oxygens (including phenoxy) is 3. The van der Waals surface area contributed by atoms with E-state index in [9.17, 15) is 4.79 Å². The van der Waals surface area contributed by atoms with Gasteiger partial charge in [-0.15, -0.1) is 0 Å². The lowest BCUT2D eigenvalue weighted by molar-refractivity contribution is -0.119. The highest BCUT2D eigenvalue weighted by Gasteiger charge is 1.93. The van der Waals surface area contributed by atoms with Gasteiger partial charge >= 0.3 is 0 Å². The van der Waals surface area contributed by atoms with Crippen molar-refractivity contribution in [2.45, 2.75) is 19.8 Å². The Kier molecular flexibility index (Phi) is 14.7. The van der Waals surface area contributed by atoms with E-state index in [2.05, 4.69) is 10.7 Å². The molecule has 114 valence electrons. The molecule has 0 fully saturated rings. The molecule has 0 aromatic heterocycles. The van der Waals surface area contributed by atoms with E-state index in [0.717, 1.165) is 19.4 Å². The molecular formula is C12H27N3O4. The van der Waals surface area contributed by atoms with Crippen molar-refractivity contribution in [1.82, 2.24) is 10.7 Å². The van der Waals surface area contributed by atoms with E-state index in [1.54, 1.807) is 0 Å². The normalized spacial score (nSPS) is 10.6. The van der Waals surface area contributed by atoms with Crippen molar-refractivity contribution in [3.8, 4) is 0 Å². The molecule has 0 bridgehead atoms. The molecule has 7 nitrogen and oxygen atoms in total. The number of nitrogens with two attached hydrogens (primary N) is 1. The largest absolute Gasteiger partial charge is 0.379 e. The van der Waals surface area contributed by atoms with E-state index in [1.807, 2.05) is 0 Å². The summed E-state index contributed by atoms with van der Waals surface area (Å²) in [6.45, 7) is 6.53. The predicted octanol–water partition coefficient (Wildman–Crippen LogP) is -0.584. The number of nitrogens with one attached hydrogen (secondary N) is 2. The van der Waals surface area contributed by atoms with Crippen molar-refractivity contribution >= 4 is 5.91 Å². The molecule has 4 N–H and O–H groups in total. The first kappa shape index (κ1) is 18.3. The minimum absolute atomic E-state index is 0.00872. The van der Waals surface area contributed by atoms with E-state index >= 15 is 0 Å². The third kappa shape index (κ3) is 17.3. The van der Waals surface area contributed by atoms with Crippen LogP contribution in [0.3, 0.4) is 0 Å². The van der Waals surface area contributed by atoms with Gasteiger partial charge in [0.15, 0.2) is 0 Å². The maximum atomic E-state index is 10.6. The molecule has 0 rings (SSSR count). The molecule has 0 atom stereocenters. The lowest BCUT2D eigenvalue weighted by Gasteiger charge is -2.07. The highest BCUT2D eigenvalue weighted by Crippen LogP contribution is 1.85. The summed E-state index contributed by atoms with van der Waals surface area (Å²) in [6, 6.07) is 0. The molecule has 0 spiro atoms. The second-order valence-corrected chi connectivity index (χ2v) is 3.98. The van der Waals surface area contributed by atoms with Gasteiger partial charge in [0, 0.05) is 33.2 Å². The van der Waals surface area contributed by atoms with Crippen molar-refractivity contribution in [3.63, 3.8) is 0 Å². The highest BCUT2D eigenvalue weighted by atomic mass is 16.5. The van der Waals surface area contributed by atoms with Crippen LogP contribution in [0.1, 0.15) is 19.8 Å². The first-order valence-corrected chi connectivity index (χ1v) is 6.68. The Morgan fingerprint density at radius 1 is 0.895 bits per heavy atom. The average Bonchev–Trinajstić information content (AvgIpc) is 2.39. The predicted molar refractivity (Wildman–Crippen MR) is 72.6 cm³/mol. The molecule has 0 saturated carbocycles. The third-order valence-electron chi connectivity index (χ3n) is 2.19. The molecular weight excluding hydrogens is 250 g/mol. The zero-order valence-electron chi connectivity index (χ0n) is 11.8. The summed E-state index contributed by atoms with van der Waals surface area (Å²) in [7, 11) is 0. The Morgan fingerprint density at radius 3 is 1.84 bits per heavy atom. The highest BCUT2D eigenvalue weighted by molar-refractivity contribution is 5.72. The molecule has 19 heavy (non-hydrogen) atoms. The van der Waals surface area contributed by atoms with Crippen LogP contribution in [0.5, 0.6) is 0 Å². The van der Waals surface area contributed by atoms with Crippen LogP contribution in [0, 0.1) is 0 Å². The number of carbonyl (C=O) groups is 1. The van der Waals surface area contributed by atoms with Gasteiger partial charge in [-0.3, -0.25) is 16.1 Å². The van der Waals surface area contributed by atoms with Crippen molar-refractivity contribution in [1.29, 1.82) is 0 Å². The number of amides is 1. The molecule has 0 aliphatic heterocycles. The van der Waals surface area contributed by atoms with Gasteiger partial charge in [0.2, 0.25) is 5.91 Å². The number of rotatable bonds is 14. The fourth-order valence-corrected chi connectivity index (χ4v) is 1.26. The van der Waals surface area contributed by atoms with Gasteiger partial charge in [0.1, 0.15) is 0 Å². The summed E-state index contributed by atoms with van der Waals surface area (Å²) in [5.41, 5.74) is 2.56. The number of carbonyl (C=O) groups excluding carboxylic acids is 1. The topological polar surface area (TPSA) is 94.8 Å². The molecule has 0 unspecified atom stereocenters. The van der Waals surface area contributed by atoms with E-state index < -0.39 is 0 Å². The van der Waals surface area contributed by atoms with Crippen LogP contribution in [0.15, 0.2) is 0 Å². The molecule has 0 aliphatic carbocycles. The Balaban J connectivity index is 2.93. The van der Waals surface area contributed by atoms with Crippen LogP contribution < -0.4 is 16.6 Å². The zero-order valence-corrected chi connectivity index (χ0v) is 11.8. The quantitative estimate of drug-likeness (QED) is 0.223. The molecule has 0 aromatic carbocycles. The summed E-state index contributed by atoms with van der Waals surface area (Å²) in [5.74, 6) is 5.11. The zero-order chi connectivity index (χ0) is 14.2. The standard InChI is InChI=1S/C12H27N3O4/c1-12(16)14-4-2-6-17-8-10-19-11-9-18-7-3-5-15-13/h15H,2-11,13H2,1H3,(H,14,16). The number of hydrogen-bond acceptors (Lipinski definition) is 6. The van der Waals surface area contributed by atoms with Gasteiger partial charge in [-0.1, -0.05) is 0 Å². The second-order valence-electron chi connectivity index (χ2n) is 3.98. The lowest BCUT2D eigenvalue weighted by atomic mass is 10.4. The van der Waals surface area contributed by atoms with Gasteiger partial charge in [-0.05, 0) is 12.8 Å². The molecule has 0 saturated heterocycles. The molecule has 0 heterocycles. The smallest absolute Gasteiger partial charge is 0.216 e.